The zero-order valence-corrected chi connectivity index (χ0v) is 16.3. The minimum Gasteiger partial charge on any atom is -0.453 e. The maximum Gasteiger partial charge on any atom is 0.355 e. The van der Waals surface area contributed by atoms with Crippen LogP contribution in [0.15, 0.2) is 42.1 Å². The molecule has 1 aromatic carbocycles. The average molecular weight is 380 g/mol. The molecule has 0 bridgehead atoms. The Kier molecular flexibility index (Phi) is 5.78. The summed E-state index contributed by atoms with van der Waals surface area (Å²) in [6.07, 6.45) is 3.78. The Bertz CT molecular complexity index is 937. The van der Waals surface area contributed by atoms with E-state index in [0.717, 1.165) is 29.8 Å². The number of aromatic nitrogens is 1. The third kappa shape index (κ3) is 4.57. The van der Waals surface area contributed by atoms with Crippen molar-refractivity contribution in [3.8, 4) is 0 Å². The van der Waals surface area contributed by atoms with Crippen molar-refractivity contribution in [3.05, 3.63) is 64.6 Å². The summed E-state index contributed by atoms with van der Waals surface area (Å²) in [6.45, 7) is 4.83. The first-order chi connectivity index (χ1) is 13.4. The molecule has 6 nitrogen and oxygen atoms in total. The number of carbonyl (C=O) groups is 3. The minimum atomic E-state index is -0.747. The van der Waals surface area contributed by atoms with Crippen molar-refractivity contribution in [1.29, 1.82) is 0 Å². The second-order valence-corrected chi connectivity index (χ2v) is 7.04. The molecule has 1 amide bonds. The molecule has 0 radical (unpaired) electrons. The van der Waals surface area contributed by atoms with Gasteiger partial charge in [-0.05, 0) is 44.4 Å². The first kappa shape index (κ1) is 19.6. The monoisotopic (exact) mass is 380 g/mol. The van der Waals surface area contributed by atoms with E-state index in [1.165, 1.54) is 13.0 Å². The number of aryl methyl sites for hydroxylation is 1. The lowest BCUT2D eigenvalue weighted by Gasteiger charge is -2.10. The molecule has 1 N–H and O–H groups in total. The van der Waals surface area contributed by atoms with E-state index in [0.29, 0.717) is 11.6 Å². The number of Topliss-reactive ketones (excluding diaryl/α,β-unsaturated/α-hetero) is 1. The molecular weight excluding hydrogens is 356 g/mol. The van der Waals surface area contributed by atoms with Crippen LogP contribution < -0.4 is 5.32 Å². The summed E-state index contributed by atoms with van der Waals surface area (Å²) in [6, 6.07) is 11.4. The van der Waals surface area contributed by atoms with Crippen molar-refractivity contribution in [2.45, 2.75) is 39.7 Å². The molecule has 0 aliphatic heterocycles. The van der Waals surface area contributed by atoms with Gasteiger partial charge < -0.3 is 14.6 Å². The molecule has 1 heterocycles. The van der Waals surface area contributed by atoms with Crippen LogP contribution >= 0.6 is 0 Å². The number of nitrogens with zero attached hydrogens (tertiary/aromatic N) is 1. The van der Waals surface area contributed by atoms with Gasteiger partial charge in [0.15, 0.2) is 6.61 Å². The molecular formula is C22H24N2O4. The summed E-state index contributed by atoms with van der Waals surface area (Å²) in [5.41, 5.74) is 3.25. The average Bonchev–Trinajstić information content (AvgIpc) is 3.44. The Morgan fingerprint density at radius 2 is 1.86 bits per heavy atom. The number of rotatable bonds is 7. The van der Waals surface area contributed by atoms with E-state index >= 15 is 0 Å². The minimum absolute atomic E-state index is 0.00467. The van der Waals surface area contributed by atoms with E-state index in [1.807, 2.05) is 38.1 Å². The molecule has 6 heteroatoms. The fourth-order valence-electron chi connectivity index (χ4n) is 3.29. The highest BCUT2D eigenvalue weighted by molar-refractivity contribution is 6.02. The van der Waals surface area contributed by atoms with Crippen molar-refractivity contribution in [3.63, 3.8) is 0 Å². The number of ether oxygens (including phenoxy) is 1. The van der Waals surface area contributed by atoms with Gasteiger partial charge in [-0.25, -0.2) is 4.79 Å². The first-order valence-electron chi connectivity index (χ1n) is 9.30. The Labute approximate surface area is 164 Å². The number of ketones is 1. The molecule has 1 aliphatic carbocycles. The van der Waals surface area contributed by atoms with Crippen molar-refractivity contribution in [2.75, 3.05) is 6.61 Å². The summed E-state index contributed by atoms with van der Waals surface area (Å²) >= 11 is 0. The second kappa shape index (κ2) is 8.25. The Balaban J connectivity index is 1.70. The third-order valence-electron chi connectivity index (χ3n) is 4.67. The van der Waals surface area contributed by atoms with Crippen LogP contribution in [0.4, 0.5) is 0 Å². The molecule has 1 fully saturated rings. The predicted molar refractivity (Wildman–Crippen MR) is 106 cm³/mol. The van der Waals surface area contributed by atoms with Crippen molar-refractivity contribution < 1.29 is 19.1 Å². The van der Waals surface area contributed by atoms with Crippen molar-refractivity contribution in [2.24, 2.45) is 0 Å². The quantitative estimate of drug-likeness (QED) is 0.454. The van der Waals surface area contributed by atoms with Crippen molar-refractivity contribution in [1.82, 2.24) is 9.88 Å². The summed E-state index contributed by atoms with van der Waals surface area (Å²) < 4.78 is 7.37. The largest absolute Gasteiger partial charge is 0.453 e. The van der Waals surface area contributed by atoms with Gasteiger partial charge in [0.25, 0.3) is 0 Å². The van der Waals surface area contributed by atoms with Gasteiger partial charge in [0.2, 0.25) is 11.7 Å². The first-order valence-corrected chi connectivity index (χ1v) is 9.30. The molecule has 28 heavy (non-hydrogen) atoms. The van der Waals surface area contributed by atoms with Crippen LogP contribution in [-0.4, -0.2) is 28.8 Å². The lowest BCUT2D eigenvalue weighted by molar-refractivity contribution is -0.139. The molecule has 2 aromatic rings. The Hall–Kier alpha value is -3.15. The van der Waals surface area contributed by atoms with Crippen LogP contribution in [0, 0.1) is 13.8 Å². The van der Waals surface area contributed by atoms with Gasteiger partial charge in [-0.3, -0.25) is 9.59 Å². The normalized spacial score (nSPS) is 13.9. The number of nitrogens with one attached hydrogen (secondary N) is 1. The highest BCUT2D eigenvalue weighted by Crippen LogP contribution is 2.38. The zero-order valence-electron chi connectivity index (χ0n) is 16.3. The van der Waals surface area contributed by atoms with Crippen LogP contribution in [-0.2, 0) is 14.3 Å². The number of hydrogen-bond donors (Lipinski definition) is 1. The molecule has 0 spiro atoms. The molecule has 0 unspecified atom stereocenters. The van der Waals surface area contributed by atoms with E-state index in [2.05, 4.69) is 9.88 Å². The highest BCUT2D eigenvalue weighted by Gasteiger charge is 2.28. The van der Waals surface area contributed by atoms with Crippen LogP contribution in [0.25, 0.3) is 6.08 Å². The van der Waals surface area contributed by atoms with E-state index in [1.54, 1.807) is 12.1 Å². The molecule has 1 aromatic heterocycles. The van der Waals surface area contributed by atoms with Gasteiger partial charge in [0.05, 0.1) is 0 Å². The lowest BCUT2D eigenvalue weighted by atomic mass is 10.1. The van der Waals surface area contributed by atoms with Gasteiger partial charge in [-0.15, -0.1) is 0 Å². The Morgan fingerprint density at radius 1 is 1.18 bits per heavy atom. The topological polar surface area (TPSA) is 77.4 Å². The summed E-state index contributed by atoms with van der Waals surface area (Å²) in [5, 5.41) is 2.47. The smallest absolute Gasteiger partial charge is 0.355 e. The summed E-state index contributed by atoms with van der Waals surface area (Å²) in [7, 11) is 0. The van der Waals surface area contributed by atoms with E-state index in [9.17, 15) is 14.4 Å². The molecule has 0 saturated heterocycles. The van der Waals surface area contributed by atoms with Crippen LogP contribution in [0.5, 0.6) is 0 Å². The molecule has 146 valence electrons. The van der Waals surface area contributed by atoms with Gasteiger partial charge in [0, 0.05) is 29.9 Å². The third-order valence-corrected chi connectivity index (χ3v) is 4.67. The van der Waals surface area contributed by atoms with Gasteiger partial charge >= 0.3 is 5.97 Å². The SMILES string of the molecule is CC(=O)N/C(=C\c1ccccc1)C(=O)OCC(=O)c1cc(C)n(C2CC2)c1C. The summed E-state index contributed by atoms with van der Waals surface area (Å²) in [4.78, 5) is 36.4. The number of benzene rings is 1. The van der Waals surface area contributed by atoms with Gasteiger partial charge in [0.1, 0.15) is 5.70 Å². The maximum atomic E-state index is 12.6. The molecule has 3 rings (SSSR count). The number of esters is 1. The van der Waals surface area contributed by atoms with E-state index in [4.69, 9.17) is 4.74 Å². The molecule has 0 atom stereocenters. The number of hydrogen-bond acceptors (Lipinski definition) is 4. The molecule has 1 aliphatic rings. The number of amides is 1. The highest BCUT2D eigenvalue weighted by atomic mass is 16.5. The van der Waals surface area contributed by atoms with Gasteiger partial charge in [-0.2, -0.15) is 0 Å². The lowest BCUT2D eigenvalue weighted by Crippen LogP contribution is -2.27. The second-order valence-electron chi connectivity index (χ2n) is 7.04. The Morgan fingerprint density at radius 3 is 2.46 bits per heavy atom. The maximum absolute atomic E-state index is 12.6. The van der Waals surface area contributed by atoms with E-state index < -0.39 is 11.9 Å². The standard InChI is InChI=1S/C22H24N2O4/c1-14-11-19(15(2)24(14)18-9-10-18)21(26)13-28-22(27)20(23-16(3)25)12-17-7-5-4-6-8-17/h4-8,11-12,18H,9-10,13H2,1-3H3,(H,23,25)/b20-12-. The predicted octanol–water partition coefficient (Wildman–Crippen LogP) is 3.34. The van der Waals surface area contributed by atoms with Crippen LogP contribution in [0.1, 0.15) is 53.1 Å². The molecule has 1 saturated carbocycles. The van der Waals surface area contributed by atoms with Crippen LogP contribution in [0.2, 0.25) is 0 Å². The fourth-order valence-corrected chi connectivity index (χ4v) is 3.29. The van der Waals surface area contributed by atoms with E-state index in [-0.39, 0.29) is 18.1 Å². The van der Waals surface area contributed by atoms with Crippen molar-refractivity contribution >= 4 is 23.7 Å². The van der Waals surface area contributed by atoms with Crippen LogP contribution in [0.3, 0.4) is 0 Å². The zero-order chi connectivity index (χ0) is 20.3. The summed E-state index contributed by atoms with van der Waals surface area (Å²) in [5.74, 6) is -1.39. The fraction of sp³-hybridized carbons (Fsp3) is 0.318. The number of carbonyl (C=O) groups excluding carboxylic acids is 3. The van der Waals surface area contributed by atoms with Gasteiger partial charge in [-0.1, -0.05) is 30.3 Å².